The van der Waals surface area contributed by atoms with Crippen LogP contribution < -0.4 is 0 Å². The fraction of sp³-hybridized carbons (Fsp3) is 0.500. The number of hydrogen-bond donors (Lipinski definition) is 1. The van der Waals surface area contributed by atoms with Crippen LogP contribution in [0.3, 0.4) is 0 Å². The Morgan fingerprint density at radius 1 is 1.27 bits per heavy atom. The second kappa shape index (κ2) is 3.89. The first-order valence-corrected chi connectivity index (χ1v) is 5.24. The number of benzene rings is 1. The molecule has 2 atom stereocenters. The van der Waals surface area contributed by atoms with Crippen LogP contribution in [0.25, 0.3) is 0 Å². The fourth-order valence-corrected chi connectivity index (χ4v) is 2.23. The van der Waals surface area contributed by atoms with Gasteiger partial charge in [-0.2, -0.15) is 0 Å². The van der Waals surface area contributed by atoms with E-state index < -0.39 is 17.7 Å². The van der Waals surface area contributed by atoms with Crippen molar-refractivity contribution in [2.45, 2.75) is 32.3 Å². The predicted molar refractivity (Wildman–Crippen MR) is 53.4 cm³/mol. The van der Waals surface area contributed by atoms with Gasteiger partial charge < -0.3 is 5.11 Å². The lowest BCUT2D eigenvalue weighted by atomic mass is 9.99. The molecule has 1 aliphatic rings. The lowest BCUT2D eigenvalue weighted by Crippen LogP contribution is -2.05. The molecule has 0 spiro atoms. The van der Waals surface area contributed by atoms with E-state index >= 15 is 0 Å². The van der Waals surface area contributed by atoms with Crippen molar-refractivity contribution in [3.63, 3.8) is 0 Å². The van der Waals surface area contributed by atoms with Crippen LogP contribution in [-0.2, 0) is 6.42 Å². The molecule has 0 saturated carbocycles. The van der Waals surface area contributed by atoms with Gasteiger partial charge in [-0.25, -0.2) is 8.78 Å². The number of fused-ring (bicyclic) bond motifs is 1. The molecular weight excluding hydrogens is 198 g/mol. The van der Waals surface area contributed by atoms with Crippen LogP contribution in [0.15, 0.2) is 12.1 Å². The van der Waals surface area contributed by atoms with E-state index in [4.69, 9.17) is 0 Å². The van der Waals surface area contributed by atoms with Gasteiger partial charge in [-0.05, 0) is 42.9 Å². The smallest absolute Gasteiger partial charge is 0.129 e. The molecule has 0 saturated heterocycles. The van der Waals surface area contributed by atoms with Crippen molar-refractivity contribution in [3.8, 4) is 0 Å². The van der Waals surface area contributed by atoms with E-state index in [1.54, 1.807) is 0 Å². The van der Waals surface area contributed by atoms with Crippen LogP contribution in [0.1, 0.15) is 37.0 Å². The maximum absolute atomic E-state index is 13.5. The molecule has 0 aliphatic heterocycles. The predicted octanol–water partition coefficient (Wildman–Crippen LogP) is 2.97. The molecule has 82 valence electrons. The van der Waals surface area contributed by atoms with Crippen molar-refractivity contribution >= 4 is 0 Å². The number of rotatable bonds is 0. The first-order chi connectivity index (χ1) is 7.09. The van der Waals surface area contributed by atoms with Crippen LogP contribution in [-0.4, -0.2) is 5.11 Å². The van der Waals surface area contributed by atoms with E-state index in [0.29, 0.717) is 24.3 Å². The van der Waals surface area contributed by atoms with Crippen LogP contribution in [0.4, 0.5) is 8.78 Å². The minimum Gasteiger partial charge on any atom is -0.388 e. The quantitative estimate of drug-likeness (QED) is 0.655. The second-order valence-electron chi connectivity index (χ2n) is 4.32. The Morgan fingerprint density at radius 3 is 2.67 bits per heavy atom. The minimum absolute atomic E-state index is 0.166. The zero-order chi connectivity index (χ0) is 11.0. The molecule has 3 heteroatoms. The SMILES string of the molecule is CC1CCc2c(F)ccc(F)c2C(O)C1. The number of hydrogen-bond acceptors (Lipinski definition) is 1. The largest absolute Gasteiger partial charge is 0.388 e. The van der Waals surface area contributed by atoms with Gasteiger partial charge in [0.15, 0.2) is 0 Å². The third-order valence-electron chi connectivity index (χ3n) is 3.09. The summed E-state index contributed by atoms with van der Waals surface area (Å²) in [6, 6.07) is 2.23. The van der Waals surface area contributed by atoms with Crippen molar-refractivity contribution < 1.29 is 13.9 Å². The highest BCUT2D eigenvalue weighted by molar-refractivity contribution is 5.33. The van der Waals surface area contributed by atoms with Crippen molar-refractivity contribution in [1.82, 2.24) is 0 Å². The third kappa shape index (κ3) is 1.88. The summed E-state index contributed by atoms with van der Waals surface area (Å²) in [5.74, 6) is -0.598. The molecule has 0 fully saturated rings. The molecule has 2 rings (SSSR count). The molecule has 0 amide bonds. The van der Waals surface area contributed by atoms with Crippen molar-refractivity contribution in [2.75, 3.05) is 0 Å². The van der Waals surface area contributed by atoms with E-state index in [2.05, 4.69) is 0 Å². The van der Waals surface area contributed by atoms with Gasteiger partial charge in [-0.3, -0.25) is 0 Å². The van der Waals surface area contributed by atoms with Gasteiger partial charge in [-0.15, -0.1) is 0 Å². The normalized spacial score (nSPS) is 25.9. The second-order valence-corrected chi connectivity index (χ2v) is 4.32. The van der Waals surface area contributed by atoms with E-state index in [9.17, 15) is 13.9 Å². The molecule has 1 aromatic carbocycles. The molecular formula is C12H14F2O. The first kappa shape index (κ1) is 10.6. The average molecular weight is 212 g/mol. The average Bonchev–Trinajstić information content (AvgIpc) is 2.32. The van der Waals surface area contributed by atoms with Crippen molar-refractivity contribution in [3.05, 3.63) is 34.9 Å². The van der Waals surface area contributed by atoms with Crippen molar-refractivity contribution in [1.29, 1.82) is 0 Å². The standard InChI is InChI=1S/C12H14F2O/c1-7-2-3-8-9(13)4-5-10(14)12(8)11(15)6-7/h4-5,7,11,15H,2-3,6H2,1H3. The summed E-state index contributed by atoms with van der Waals surface area (Å²) in [7, 11) is 0. The van der Waals surface area contributed by atoms with E-state index in [1.807, 2.05) is 6.92 Å². The Bertz CT molecular complexity index is 376. The van der Waals surface area contributed by atoms with Gasteiger partial charge in [0.05, 0.1) is 6.10 Å². The molecule has 1 N–H and O–H groups in total. The zero-order valence-corrected chi connectivity index (χ0v) is 8.63. The summed E-state index contributed by atoms with van der Waals surface area (Å²) in [4.78, 5) is 0. The van der Waals surface area contributed by atoms with Gasteiger partial charge >= 0.3 is 0 Å². The Balaban J connectivity index is 2.52. The van der Waals surface area contributed by atoms with E-state index in [1.165, 1.54) is 0 Å². The summed E-state index contributed by atoms with van der Waals surface area (Å²) in [6.45, 7) is 1.99. The molecule has 0 aromatic heterocycles. The van der Waals surface area contributed by atoms with Gasteiger partial charge in [0, 0.05) is 5.56 Å². The van der Waals surface area contributed by atoms with Crippen molar-refractivity contribution in [2.24, 2.45) is 5.92 Å². The Morgan fingerprint density at radius 2 is 1.93 bits per heavy atom. The summed E-state index contributed by atoms with van der Waals surface area (Å²) < 4.78 is 26.9. The number of halogens is 2. The zero-order valence-electron chi connectivity index (χ0n) is 8.63. The number of aliphatic hydroxyl groups is 1. The molecule has 0 radical (unpaired) electrons. The molecule has 15 heavy (non-hydrogen) atoms. The van der Waals surface area contributed by atoms with Gasteiger partial charge in [0.25, 0.3) is 0 Å². The third-order valence-corrected chi connectivity index (χ3v) is 3.09. The summed E-state index contributed by atoms with van der Waals surface area (Å²) in [5, 5.41) is 9.81. The van der Waals surface area contributed by atoms with Gasteiger partial charge in [0.2, 0.25) is 0 Å². The maximum atomic E-state index is 13.5. The molecule has 0 heterocycles. The Kier molecular flexibility index (Phi) is 2.74. The highest BCUT2D eigenvalue weighted by Gasteiger charge is 2.25. The van der Waals surface area contributed by atoms with Crippen LogP contribution in [0.5, 0.6) is 0 Å². The monoisotopic (exact) mass is 212 g/mol. The summed E-state index contributed by atoms with van der Waals surface area (Å²) in [6.07, 6.45) is 0.947. The lowest BCUT2D eigenvalue weighted by molar-refractivity contribution is 0.145. The molecule has 1 aliphatic carbocycles. The Hall–Kier alpha value is -0.960. The molecule has 1 aromatic rings. The summed E-state index contributed by atoms with van der Waals surface area (Å²) in [5.41, 5.74) is 0.520. The van der Waals surface area contributed by atoms with Gasteiger partial charge in [-0.1, -0.05) is 6.92 Å². The topological polar surface area (TPSA) is 20.2 Å². The van der Waals surface area contributed by atoms with E-state index in [-0.39, 0.29) is 5.56 Å². The lowest BCUT2D eigenvalue weighted by Gasteiger charge is -2.14. The first-order valence-electron chi connectivity index (χ1n) is 5.24. The molecule has 0 bridgehead atoms. The van der Waals surface area contributed by atoms with Crippen LogP contribution in [0.2, 0.25) is 0 Å². The fourth-order valence-electron chi connectivity index (χ4n) is 2.23. The Labute approximate surface area is 87.7 Å². The van der Waals surface area contributed by atoms with Crippen LogP contribution in [0, 0.1) is 17.6 Å². The van der Waals surface area contributed by atoms with Gasteiger partial charge in [0.1, 0.15) is 11.6 Å². The van der Waals surface area contributed by atoms with Crippen LogP contribution >= 0.6 is 0 Å². The molecule has 2 unspecified atom stereocenters. The van der Waals surface area contributed by atoms with E-state index in [0.717, 1.165) is 18.6 Å². The molecule has 1 nitrogen and oxygen atoms in total. The highest BCUT2D eigenvalue weighted by Crippen LogP contribution is 2.34. The summed E-state index contributed by atoms with van der Waals surface area (Å²) >= 11 is 0. The number of aliphatic hydroxyl groups excluding tert-OH is 1. The maximum Gasteiger partial charge on any atom is 0.129 e. The minimum atomic E-state index is -0.867. The highest BCUT2D eigenvalue weighted by atomic mass is 19.1.